The quantitative estimate of drug-likeness (QED) is 0.900. The van der Waals surface area contributed by atoms with Crippen molar-refractivity contribution in [2.24, 2.45) is 0 Å². The Morgan fingerprint density at radius 1 is 1.22 bits per heavy atom. The predicted octanol–water partition coefficient (Wildman–Crippen LogP) is 3.32. The smallest absolute Gasteiger partial charge is 0.251 e. The monoisotopic (exact) mass is 368 g/mol. The molecule has 144 valence electrons. The van der Waals surface area contributed by atoms with Gasteiger partial charge in [0.05, 0.1) is 11.2 Å². The fraction of sp³-hybridized carbons (Fsp3) is 0.571. The van der Waals surface area contributed by atoms with Gasteiger partial charge in [-0.1, -0.05) is 19.8 Å². The van der Waals surface area contributed by atoms with Crippen molar-refractivity contribution in [1.29, 1.82) is 0 Å². The van der Waals surface area contributed by atoms with Crippen LogP contribution in [-0.4, -0.2) is 39.2 Å². The summed E-state index contributed by atoms with van der Waals surface area (Å²) in [6, 6.07) is 5.56. The van der Waals surface area contributed by atoms with Crippen molar-refractivity contribution < 1.29 is 4.74 Å². The standard InChI is InChI=1S/C21H28N4O2/c1-4-16-11-18(26)24-19(23-16)15-7-8-17(22-12-15)25-13-20(2,3)27-21(14-25)9-5-6-10-21/h7-8,11-12H,4-6,9-10,13-14H2,1-3H3,(H,23,24,26). The molecule has 27 heavy (non-hydrogen) atoms. The van der Waals surface area contributed by atoms with Crippen LogP contribution in [0.1, 0.15) is 52.1 Å². The Balaban J connectivity index is 1.60. The molecule has 0 amide bonds. The molecule has 1 aliphatic heterocycles. The van der Waals surface area contributed by atoms with Crippen LogP contribution in [0.25, 0.3) is 11.4 Å². The third kappa shape index (κ3) is 3.76. The highest BCUT2D eigenvalue weighted by molar-refractivity contribution is 5.56. The maximum atomic E-state index is 11.8. The maximum Gasteiger partial charge on any atom is 0.251 e. The SMILES string of the molecule is CCc1cc(=O)[nH]c(-c2ccc(N3CC(C)(C)OC4(CCCC4)C3)nc2)n1. The van der Waals surface area contributed by atoms with Gasteiger partial charge in [-0.3, -0.25) is 4.79 Å². The van der Waals surface area contributed by atoms with Gasteiger partial charge in [0.15, 0.2) is 0 Å². The number of nitrogens with one attached hydrogen (secondary N) is 1. The van der Waals surface area contributed by atoms with Crippen molar-refractivity contribution in [3.8, 4) is 11.4 Å². The lowest BCUT2D eigenvalue weighted by Crippen LogP contribution is -2.59. The molecule has 1 N–H and O–H groups in total. The highest BCUT2D eigenvalue weighted by atomic mass is 16.5. The Kier molecular flexibility index (Phi) is 4.54. The predicted molar refractivity (Wildman–Crippen MR) is 106 cm³/mol. The lowest BCUT2D eigenvalue weighted by Gasteiger charge is -2.49. The number of anilines is 1. The maximum absolute atomic E-state index is 11.8. The molecule has 0 radical (unpaired) electrons. The van der Waals surface area contributed by atoms with E-state index in [1.54, 1.807) is 12.3 Å². The van der Waals surface area contributed by atoms with Crippen LogP contribution in [0.4, 0.5) is 5.82 Å². The molecule has 2 aromatic heterocycles. The fourth-order valence-corrected chi connectivity index (χ4v) is 4.49. The average molecular weight is 368 g/mol. The van der Waals surface area contributed by atoms with Crippen molar-refractivity contribution >= 4 is 5.82 Å². The number of H-pyrrole nitrogens is 1. The zero-order chi connectivity index (χ0) is 19.1. The van der Waals surface area contributed by atoms with Crippen LogP contribution in [0.5, 0.6) is 0 Å². The molecular formula is C21H28N4O2. The first-order chi connectivity index (χ1) is 12.9. The molecule has 0 atom stereocenters. The van der Waals surface area contributed by atoms with E-state index in [9.17, 15) is 4.79 Å². The van der Waals surface area contributed by atoms with Gasteiger partial charge in [-0.25, -0.2) is 9.97 Å². The summed E-state index contributed by atoms with van der Waals surface area (Å²) in [5.74, 6) is 1.53. The van der Waals surface area contributed by atoms with Gasteiger partial charge in [0, 0.05) is 36.6 Å². The molecule has 6 nitrogen and oxygen atoms in total. The minimum absolute atomic E-state index is 0.0373. The number of morpholine rings is 1. The highest BCUT2D eigenvalue weighted by Crippen LogP contribution is 2.41. The molecule has 0 unspecified atom stereocenters. The van der Waals surface area contributed by atoms with E-state index in [0.29, 0.717) is 5.82 Å². The van der Waals surface area contributed by atoms with Crippen LogP contribution < -0.4 is 10.5 Å². The van der Waals surface area contributed by atoms with Gasteiger partial charge in [0.1, 0.15) is 11.6 Å². The molecule has 4 rings (SSSR count). The Labute approximate surface area is 160 Å². The van der Waals surface area contributed by atoms with Crippen LogP contribution >= 0.6 is 0 Å². The van der Waals surface area contributed by atoms with Gasteiger partial charge in [-0.05, 0) is 45.2 Å². The van der Waals surface area contributed by atoms with E-state index >= 15 is 0 Å². The molecule has 1 aliphatic carbocycles. The zero-order valence-electron chi connectivity index (χ0n) is 16.4. The molecule has 1 spiro atoms. The van der Waals surface area contributed by atoms with Crippen molar-refractivity contribution in [3.05, 3.63) is 40.4 Å². The van der Waals surface area contributed by atoms with E-state index in [4.69, 9.17) is 9.72 Å². The number of pyridine rings is 1. The number of aromatic nitrogens is 3. The van der Waals surface area contributed by atoms with Crippen LogP contribution in [0.2, 0.25) is 0 Å². The van der Waals surface area contributed by atoms with Gasteiger partial charge < -0.3 is 14.6 Å². The number of nitrogens with zero attached hydrogens (tertiary/aromatic N) is 3. The number of ether oxygens (including phenoxy) is 1. The zero-order valence-corrected chi connectivity index (χ0v) is 16.4. The second-order valence-electron chi connectivity index (χ2n) is 8.45. The Morgan fingerprint density at radius 3 is 2.67 bits per heavy atom. The lowest BCUT2D eigenvalue weighted by atomic mass is 9.94. The lowest BCUT2D eigenvalue weighted by molar-refractivity contribution is -0.148. The molecule has 2 aromatic rings. The molecular weight excluding hydrogens is 340 g/mol. The van der Waals surface area contributed by atoms with E-state index in [2.05, 4.69) is 28.7 Å². The second-order valence-corrected chi connectivity index (χ2v) is 8.45. The van der Waals surface area contributed by atoms with Crippen molar-refractivity contribution in [3.63, 3.8) is 0 Å². The number of hydrogen-bond acceptors (Lipinski definition) is 5. The van der Waals surface area contributed by atoms with Crippen molar-refractivity contribution in [2.45, 2.75) is 64.1 Å². The first kappa shape index (κ1) is 18.2. The topological polar surface area (TPSA) is 71.1 Å². The van der Waals surface area contributed by atoms with Gasteiger partial charge in [-0.15, -0.1) is 0 Å². The Bertz CT molecular complexity index is 866. The van der Waals surface area contributed by atoms with Crippen molar-refractivity contribution in [2.75, 3.05) is 18.0 Å². The third-order valence-corrected chi connectivity index (χ3v) is 5.56. The van der Waals surface area contributed by atoms with Gasteiger partial charge in [0.25, 0.3) is 5.56 Å². The molecule has 0 aromatic carbocycles. The van der Waals surface area contributed by atoms with Crippen LogP contribution in [0.15, 0.2) is 29.2 Å². The summed E-state index contributed by atoms with van der Waals surface area (Å²) >= 11 is 0. The highest BCUT2D eigenvalue weighted by Gasteiger charge is 2.46. The second kappa shape index (κ2) is 6.75. The van der Waals surface area contributed by atoms with Crippen LogP contribution in [-0.2, 0) is 11.2 Å². The summed E-state index contributed by atoms with van der Waals surface area (Å²) in [5.41, 5.74) is 1.26. The van der Waals surface area contributed by atoms with E-state index in [-0.39, 0.29) is 16.8 Å². The first-order valence-corrected chi connectivity index (χ1v) is 9.90. The summed E-state index contributed by atoms with van der Waals surface area (Å²) < 4.78 is 6.49. The normalized spacial score (nSPS) is 20.9. The van der Waals surface area contributed by atoms with E-state index < -0.39 is 0 Å². The van der Waals surface area contributed by atoms with Gasteiger partial charge in [0.2, 0.25) is 0 Å². The molecule has 1 saturated heterocycles. The molecule has 3 heterocycles. The number of rotatable bonds is 3. The van der Waals surface area contributed by atoms with Gasteiger partial charge >= 0.3 is 0 Å². The number of aryl methyl sites for hydroxylation is 1. The summed E-state index contributed by atoms with van der Waals surface area (Å²) in [6.45, 7) is 8.04. The molecule has 1 saturated carbocycles. The van der Waals surface area contributed by atoms with Crippen LogP contribution in [0, 0.1) is 0 Å². The average Bonchev–Trinajstić information content (AvgIpc) is 3.06. The van der Waals surface area contributed by atoms with E-state index in [1.807, 2.05) is 19.1 Å². The molecule has 2 fully saturated rings. The number of aromatic amines is 1. The molecule has 2 aliphatic rings. The van der Waals surface area contributed by atoms with E-state index in [1.165, 1.54) is 12.8 Å². The van der Waals surface area contributed by atoms with Crippen LogP contribution in [0.3, 0.4) is 0 Å². The van der Waals surface area contributed by atoms with E-state index in [0.717, 1.165) is 49.4 Å². The minimum Gasteiger partial charge on any atom is -0.365 e. The summed E-state index contributed by atoms with van der Waals surface area (Å²) in [5, 5.41) is 0. The molecule has 6 heteroatoms. The molecule has 0 bridgehead atoms. The van der Waals surface area contributed by atoms with Gasteiger partial charge in [-0.2, -0.15) is 0 Å². The summed E-state index contributed by atoms with van der Waals surface area (Å²) in [6.07, 6.45) is 7.26. The minimum atomic E-state index is -0.189. The fourth-order valence-electron chi connectivity index (χ4n) is 4.49. The third-order valence-electron chi connectivity index (χ3n) is 5.56. The summed E-state index contributed by atoms with van der Waals surface area (Å²) in [4.78, 5) is 26.2. The Morgan fingerprint density at radius 2 is 2.00 bits per heavy atom. The Hall–Kier alpha value is -2.21. The largest absolute Gasteiger partial charge is 0.365 e. The summed E-state index contributed by atoms with van der Waals surface area (Å²) in [7, 11) is 0. The number of hydrogen-bond donors (Lipinski definition) is 1. The first-order valence-electron chi connectivity index (χ1n) is 9.90. The van der Waals surface area contributed by atoms with Crippen molar-refractivity contribution in [1.82, 2.24) is 15.0 Å².